The lowest BCUT2D eigenvalue weighted by Crippen LogP contribution is -2.67. The molecule has 40 heavy (non-hydrogen) atoms. The monoisotopic (exact) mass is 578 g/mol. The third-order valence-electron chi connectivity index (χ3n) is 7.86. The first-order valence-electron chi connectivity index (χ1n) is 15.3. The lowest BCUT2D eigenvalue weighted by Gasteiger charge is -2.45. The first kappa shape index (κ1) is 37.1. The normalized spacial score (nSPS) is 34.2. The second kappa shape index (κ2) is 20.9. The largest absolute Gasteiger partial charge is 0.481 e. The summed E-state index contributed by atoms with van der Waals surface area (Å²) in [5.74, 6) is -0.655. The Kier molecular flexibility index (Phi) is 19.4. The second-order valence-electron chi connectivity index (χ2n) is 11.4. The molecule has 13 N–H and O–H groups in total. The first-order valence-corrected chi connectivity index (χ1v) is 15.3. The fraction of sp³-hybridized carbons (Fsp3) is 0.964. The van der Waals surface area contributed by atoms with Crippen molar-refractivity contribution in [1.82, 2.24) is 0 Å². The fourth-order valence-electron chi connectivity index (χ4n) is 5.19. The average molecular weight is 579 g/mol. The topological polar surface area (TPSA) is 241 Å². The number of aliphatic hydroxyl groups is 4. The summed E-state index contributed by atoms with van der Waals surface area (Å²) >= 11 is 0. The Hall–Kier alpha value is -0.930. The second-order valence-corrected chi connectivity index (χ2v) is 11.4. The van der Waals surface area contributed by atoms with Crippen molar-refractivity contribution < 1.29 is 39.8 Å². The minimum atomic E-state index is -1.31. The number of carboxylic acid groups (broad SMARTS) is 1. The number of unbranched alkanes of at least 4 members (excludes halogenated alkanes) is 12. The van der Waals surface area contributed by atoms with E-state index in [9.17, 15) is 25.2 Å². The molecule has 2 aliphatic rings. The number of hydrogen-bond acceptors (Lipinski definition) is 11. The van der Waals surface area contributed by atoms with Crippen molar-refractivity contribution in [3.05, 3.63) is 0 Å². The van der Waals surface area contributed by atoms with E-state index < -0.39 is 67.0 Å². The molecule has 0 aromatic rings. The molecule has 0 bridgehead atoms. The molecule has 0 unspecified atom stereocenters. The van der Waals surface area contributed by atoms with E-state index in [0.29, 0.717) is 6.42 Å². The van der Waals surface area contributed by atoms with Crippen molar-refractivity contribution in [3.8, 4) is 0 Å². The lowest BCUT2D eigenvalue weighted by atomic mass is 9.84. The molecule has 238 valence electrons. The quantitative estimate of drug-likeness (QED) is 0.107. The molecule has 2 rings (SSSR count). The average Bonchev–Trinajstić information content (AvgIpc) is 2.92. The van der Waals surface area contributed by atoms with E-state index in [-0.39, 0.29) is 13.0 Å². The Morgan fingerprint density at radius 1 is 0.750 bits per heavy atom. The van der Waals surface area contributed by atoms with Gasteiger partial charge in [0.15, 0.2) is 6.29 Å². The van der Waals surface area contributed by atoms with Crippen LogP contribution >= 0.6 is 0 Å². The lowest BCUT2D eigenvalue weighted by molar-refractivity contribution is -0.287. The molecule has 1 saturated heterocycles. The van der Waals surface area contributed by atoms with Gasteiger partial charge in [-0.05, 0) is 12.8 Å². The van der Waals surface area contributed by atoms with Crippen LogP contribution in [0.15, 0.2) is 0 Å². The van der Waals surface area contributed by atoms with Gasteiger partial charge in [0.1, 0.15) is 30.5 Å². The van der Waals surface area contributed by atoms with E-state index in [1.807, 2.05) is 0 Å². The predicted molar refractivity (Wildman–Crippen MR) is 153 cm³/mol. The number of rotatable bonds is 17. The molecule has 0 aromatic heterocycles. The van der Waals surface area contributed by atoms with Crippen LogP contribution in [0.3, 0.4) is 0 Å². The smallest absolute Gasteiger partial charge is 0.303 e. The summed E-state index contributed by atoms with van der Waals surface area (Å²) in [4.78, 5) is 10.3. The van der Waals surface area contributed by atoms with E-state index in [0.717, 1.165) is 12.8 Å². The third kappa shape index (κ3) is 13.4. The van der Waals surface area contributed by atoms with Crippen molar-refractivity contribution in [1.29, 1.82) is 0 Å². The molecule has 1 heterocycles. The minimum absolute atomic E-state index is 0.0441. The molecule has 10 atom stereocenters. The zero-order valence-electron chi connectivity index (χ0n) is 24.4. The summed E-state index contributed by atoms with van der Waals surface area (Å²) in [6.45, 7) is 2.22. The van der Waals surface area contributed by atoms with Gasteiger partial charge in [-0.15, -0.1) is 0 Å². The Morgan fingerprint density at radius 2 is 1.25 bits per heavy atom. The van der Waals surface area contributed by atoms with Crippen molar-refractivity contribution in [2.24, 2.45) is 22.9 Å². The third-order valence-corrected chi connectivity index (χ3v) is 7.86. The number of ether oxygens (including phenoxy) is 2. The van der Waals surface area contributed by atoms with E-state index in [1.54, 1.807) is 0 Å². The molecule has 1 aliphatic carbocycles. The summed E-state index contributed by atoms with van der Waals surface area (Å²) in [5.41, 5.74) is 22.8. The Labute approximate surface area is 239 Å². The number of carbonyl (C=O) groups is 1. The molecule has 2 fully saturated rings. The summed E-state index contributed by atoms with van der Waals surface area (Å²) < 4.78 is 11.0. The first-order chi connectivity index (χ1) is 19.0. The molecule has 12 nitrogen and oxygen atoms in total. The molecule has 12 heteroatoms. The molecule has 0 spiro atoms. The van der Waals surface area contributed by atoms with Crippen molar-refractivity contribution in [2.75, 3.05) is 6.54 Å². The van der Waals surface area contributed by atoms with Crippen molar-refractivity contribution in [3.63, 3.8) is 0 Å². The number of hydrogen-bond donors (Lipinski definition) is 9. The Bertz CT molecular complexity index is 662. The van der Waals surface area contributed by atoms with Crippen LogP contribution in [0.25, 0.3) is 0 Å². The van der Waals surface area contributed by atoms with E-state index >= 15 is 0 Å². The van der Waals surface area contributed by atoms with Gasteiger partial charge in [0.25, 0.3) is 0 Å². The van der Waals surface area contributed by atoms with E-state index in [4.69, 9.17) is 37.5 Å². The molecule has 0 radical (unpaired) electrons. The molecule has 0 aromatic carbocycles. The molecule has 1 saturated carbocycles. The highest BCUT2D eigenvalue weighted by molar-refractivity contribution is 5.66. The maximum atomic E-state index is 10.3. The van der Waals surface area contributed by atoms with Gasteiger partial charge in [-0.1, -0.05) is 84.0 Å². The Morgan fingerprint density at radius 3 is 1.73 bits per heavy atom. The minimum Gasteiger partial charge on any atom is -0.481 e. The standard InChI is InChI=1S/C16H32O2.C12H26N4O6/c1-2-3-4-5-6-7-8-9-10-11-12-13-14-15-16(17)18;13-2-5-8(18)9(19)6(16)12(21-5)22-11-4(15)1-3(14)7(17)10(11)20/h2-15H2,1H3,(H,17,18);3-12,17-20H,1-2,13-16H2/t;3-,4+,5-,6-,7+,8-,9-,10-,11-,12-/m.1/s1. The van der Waals surface area contributed by atoms with Gasteiger partial charge in [-0.2, -0.15) is 0 Å². The van der Waals surface area contributed by atoms with Crippen LogP contribution in [0.4, 0.5) is 0 Å². The van der Waals surface area contributed by atoms with Gasteiger partial charge in [-0.3, -0.25) is 4.79 Å². The van der Waals surface area contributed by atoms with Crippen molar-refractivity contribution in [2.45, 2.75) is 164 Å². The van der Waals surface area contributed by atoms with Crippen LogP contribution in [-0.4, -0.2) is 99.1 Å². The van der Waals surface area contributed by atoms with Gasteiger partial charge in [0.05, 0.1) is 12.1 Å². The number of nitrogens with two attached hydrogens (primary N) is 4. The maximum absolute atomic E-state index is 10.3. The number of aliphatic hydroxyl groups excluding tert-OH is 4. The van der Waals surface area contributed by atoms with Gasteiger partial charge < -0.3 is 57.9 Å². The highest BCUT2D eigenvalue weighted by Crippen LogP contribution is 2.27. The van der Waals surface area contributed by atoms with Gasteiger partial charge in [0.2, 0.25) is 0 Å². The van der Waals surface area contributed by atoms with Crippen LogP contribution in [-0.2, 0) is 14.3 Å². The van der Waals surface area contributed by atoms with Crippen LogP contribution in [0.1, 0.15) is 103 Å². The van der Waals surface area contributed by atoms with Gasteiger partial charge in [-0.25, -0.2) is 0 Å². The highest BCUT2D eigenvalue weighted by atomic mass is 16.7. The van der Waals surface area contributed by atoms with Crippen molar-refractivity contribution >= 4 is 5.97 Å². The molecule has 1 aliphatic heterocycles. The number of aliphatic carboxylic acids is 1. The molecular formula is C28H58N4O8. The summed E-state index contributed by atoms with van der Waals surface area (Å²) in [6.07, 6.45) is 9.54. The SMILES string of the molecule is CCCCCCCCCCCCCCCC(=O)O.NC[C@H]1O[C@H](O[C@H]2[C@H](O)[C@@H](O)[C@H](N)C[C@@H]2N)[C@H](N)[C@@H](O)[C@@H]1O. The van der Waals surface area contributed by atoms with E-state index in [1.165, 1.54) is 70.6 Å². The zero-order chi connectivity index (χ0) is 30.1. The summed E-state index contributed by atoms with van der Waals surface area (Å²) in [7, 11) is 0. The fourth-order valence-corrected chi connectivity index (χ4v) is 5.19. The zero-order valence-corrected chi connectivity index (χ0v) is 24.4. The van der Waals surface area contributed by atoms with Crippen LogP contribution in [0.2, 0.25) is 0 Å². The van der Waals surface area contributed by atoms with Crippen LogP contribution in [0.5, 0.6) is 0 Å². The maximum Gasteiger partial charge on any atom is 0.303 e. The summed E-state index contributed by atoms with van der Waals surface area (Å²) in [6, 6.07) is -2.34. The number of carboxylic acids is 1. The van der Waals surface area contributed by atoms with Crippen LogP contribution in [0, 0.1) is 0 Å². The van der Waals surface area contributed by atoms with Gasteiger partial charge >= 0.3 is 5.97 Å². The van der Waals surface area contributed by atoms with E-state index in [2.05, 4.69) is 6.92 Å². The summed E-state index contributed by atoms with van der Waals surface area (Å²) in [5, 5.41) is 48.1. The van der Waals surface area contributed by atoms with Gasteiger partial charge in [0, 0.05) is 25.0 Å². The molecular weight excluding hydrogens is 520 g/mol. The predicted octanol–water partition coefficient (Wildman–Crippen LogP) is 0.437. The molecule has 0 amide bonds. The van der Waals surface area contributed by atoms with Crippen LogP contribution < -0.4 is 22.9 Å². The Balaban J connectivity index is 0.000000410. The highest BCUT2D eigenvalue weighted by Gasteiger charge is 2.47.